The molecule has 0 atom stereocenters. The van der Waals surface area contributed by atoms with E-state index in [9.17, 15) is 30.6 Å². The second-order valence-corrected chi connectivity index (χ2v) is 6.15. The number of unbranched alkanes of at least 4 members (excludes halogenated alkanes) is 4. The van der Waals surface area contributed by atoms with E-state index in [1.165, 1.54) is 12.1 Å². The number of aromatic hydroxyl groups is 6. The minimum absolute atomic E-state index is 0.261. The Bertz CT molecular complexity index is 665. The molecule has 6 heteroatoms. The summed E-state index contributed by atoms with van der Waals surface area (Å²) in [5, 5.41) is 57.0. The third-order valence-corrected chi connectivity index (χ3v) is 4.32. The van der Waals surface area contributed by atoms with Crippen LogP contribution in [-0.2, 0) is 12.8 Å². The number of aryl methyl sites for hydroxylation is 2. The third-order valence-electron chi connectivity index (χ3n) is 4.32. The van der Waals surface area contributed by atoms with Gasteiger partial charge in [0.2, 0.25) is 11.5 Å². The van der Waals surface area contributed by atoms with Gasteiger partial charge < -0.3 is 30.6 Å². The summed E-state index contributed by atoms with van der Waals surface area (Å²) in [7, 11) is 0. The van der Waals surface area contributed by atoms with Crippen LogP contribution in [0, 0.1) is 0 Å². The number of hydrogen-bond acceptors (Lipinski definition) is 6. The van der Waals surface area contributed by atoms with Crippen LogP contribution in [0.15, 0.2) is 24.3 Å². The molecule has 0 aliphatic heterocycles. The van der Waals surface area contributed by atoms with E-state index in [-0.39, 0.29) is 23.0 Å². The van der Waals surface area contributed by atoms with Gasteiger partial charge >= 0.3 is 0 Å². The van der Waals surface area contributed by atoms with Crippen LogP contribution in [0.4, 0.5) is 0 Å². The summed E-state index contributed by atoms with van der Waals surface area (Å²) in [6, 6.07) is 5.93. The molecule has 0 unspecified atom stereocenters. The zero-order valence-electron chi connectivity index (χ0n) is 13.9. The van der Waals surface area contributed by atoms with Crippen LogP contribution in [0.25, 0.3) is 0 Å². The highest BCUT2D eigenvalue weighted by molar-refractivity contribution is 5.53. The molecular weight excluding hydrogens is 324 g/mol. The van der Waals surface area contributed by atoms with Gasteiger partial charge in [-0.1, -0.05) is 31.4 Å². The molecule has 2 rings (SSSR count). The molecule has 0 saturated carbocycles. The van der Waals surface area contributed by atoms with Crippen LogP contribution in [-0.4, -0.2) is 30.6 Å². The molecule has 0 heterocycles. The van der Waals surface area contributed by atoms with Crippen molar-refractivity contribution in [2.45, 2.75) is 44.9 Å². The summed E-state index contributed by atoms with van der Waals surface area (Å²) in [5.74, 6) is -2.14. The summed E-state index contributed by atoms with van der Waals surface area (Å²) in [6.07, 6.45) is 5.82. The Balaban J connectivity index is 1.68. The average molecular weight is 348 g/mol. The molecule has 0 fully saturated rings. The van der Waals surface area contributed by atoms with Gasteiger partial charge in [0.1, 0.15) is 0 Å². The van der Waals surface area contributed by atoms with Crippen molar-refractivity contribution in [2.75, 3.05) is 0 Å². The van der Waals surface area contributed by atoms with E-state index in [0.29, 0.717) is 24.0 Å². The van der Waals surface area contributed by atoms with Gasteiger partial charge in [0, 0.05) is 0 Å². The summed E-state index contributed by atoms with van der Waals surface area (Å²) >= 11 is 0. The van der Waals surface area contributed by atoms with Crippen LogP contribution in [0.5, 0.6) is 34.5 Å². The van der Waals surface area contributed by atoms with Crippen LogP contribution >= 0.6 is 0 Å². The first-order valence-electron chi connectivity index (χ1n) is 8.37. The fourth-order valence-electron chi connectivity index (χ4n) is 2.79. The van der Waals surface area contributed by atoms with Gasteiger partial charge in [0.15, 0.2) is 23.0 Å². The smallest absolute Gasteiger partial charge is 0.200 e. The number of benzene rings is 2. The van der Waals surface area contributed by atoms with Gasteiger partial charge in [-0.2, -0.15) is 0 Å². The normalized spacial score (nSPS) is 10.9. The summed E-state index contributed by atoms with van der Waals surface area (Å²) in [6.45, 7) is 0. The van der Waals surface area contributed by atoms with Gasteiger partial charge in [-0.05, 0) is 48.9 Å². The lowest BCUT2D eigenvalue weighted by Gasteiger charge is -2.08. The number of phenols is 6. The SMILES string of the molecule is Oc1ccc(CCCCCCCc2ccc(O)c(O)c2O)c(O)c1O. The van der Waals surface area contributed by atoms with Crippen molar-refractivity contribution in [3.8, 4) is 34.5 Å². The van der Waals surface area contributed by atoms with Gasteiger partial charge in [-0.3, -0.25) is 0 Å². The largest absolute Gasteiger partial charge is 0.504 e. The highest BCUT2D eigenvalue weighted by Crippen LogP contribution is 2.38. The predicted octanol–water partition coefficient (Wildman–Crippen LogP) is 3.66. The van der Waals surface area contributed by atoms with E-state index >= 15 is 0 Å². The molecule has 0 bridgehead atoms. The topological polar surface area (TPSA) is 121 Å². The maximum Gasteiger partial charge on any atom is 0.200 e. The Morgan fingerprint density at radius 1 is 0.440 bits per heavy atom. The standard InChI is InChI=1S/C19H24O6/c20-14-10-8-12(16(22)18(14)24)6-4-2-1-3-5-7-13-9-11-15(21)19(25)17(13)23/h8-11,20-25H,1-7H2. The van der Waals surface area contributed by atoms with Crippen molar-refractivity contribution >= 4 is 0 Å². The molecule has 6 nitrogen and oxygen atoms in total. The Morgan fingerprint density at radius 3 is 1.20 bits per heavy atom. The Labute approximate surface area is 146 Å². The molecule has 0 saturated heterocycles. The number of rotatable bonds is 8. The van der Waals surface area contributed by atoms with Gasteiger partial charge in [-0.25, -0.2) is 0 Å². The zero-order valence-corrected chi connectivity index (χ0v) is 13.9. The quantitative estimate of drug-likeness (QED) is 0.320. The first-order valence-corrected chi connectivity index (χ1v) is 8.37. The molecule has 0 aliphatic rings. The predicted molar refractivity (Wildman–Crippen MR) is 93.4 cm³/mol. The van der Waals surface area contributed by atoms with E-state index in [0.717, 1.165) is 32.1 Å². The lowest BCUT2D eigenvalue weighted by molar-refractivity contribution is 0.364. The third kappa shape index (κ3) is 4.62. The fraction of sp³-hybridized carbons (Fsp3) is 0.368. The van der Waals surface area contributed by atoms with Crippen LogP contribution in [0.1, 0.15) is 43.2 Å². The van der Waals surface area contributed by atoms with E-state index in [1.54, 1.807) is 12.1 Å². The van der Waals surface area contributed by atoms with E-state index in [4.69, 9.17) is 0 Å². The highest BCUT2D eigenvalue weighted by Gasteiger charge is 2.11. The minimum Gasteiger partial charge on any atom is -0.504 e. The molecule has 0 aliphatic carbocycles. The fourth-order valence-corrected chi connectivity index (χ4v) is 2.79. The molecule has 2 aromatic rings. The average Bonchev–Trinajstić information content (AvgIpc) is 2.60. The number of hydrogen-bond donors (Lipinski definition) is 6. The summed E-state index contributed by atoms with van der Waals surface area (Å²) in [5.41, 5.74) is 1.22. The van der Waals surface area contributed by atoms with Gasteiger partial charge in [-0.15, -0.1) is 0 Å². The second-order valence-electron chi connectivity index (χ2n) is 6.15. The van der Waals surface area contributed by atoms with Crippen LogP contribution < -0.4 is 0 Å². The van der Waals surface area contributed by atoms with E-state index in [1.807, 2.05) is 0 Å². The van der Waals surface area contributed by atoms with E-state index in [2.05, 4.69) is 0 Å². The van der Waals surface area contributed by atoms with Crippen LogP contribution in [0.2, 0.25) is 0 Å². The molecule has 25 heavy (non-hydrogen) atoms. The maximum atomic E-state index is 9.74. The molecule has 0 amide bonds. The number of phenolic OH excluding ortho intramolecular Hbond substituents is 6. The Hall–Kier alpha value is -2.76. The second kappa shape index (κ2) is 8.37. The first kappa shape index (κ1) is 18.6. The molecule has 6 N–H and O–H groups in total. The molecule has 0 aromatic heterocycles. The molecule has 136 valence electrons. The summed E-state index contributed by atoms with van der Waals surface area (Å²) in [4.78, 5) is 0. The minimum atomic E-state index is -0.477. The molecule has 2 aromatic carbocycles. The van der Waals surface area contributed by atoms with Gasteiger partial charge in [0.25, 0.3) is 0 Å². The molecule has 0 spiro atoms. The Morgan fingerprint density at radius 2 is 0.800 bits per heavy atom. The zero-order chi connectivity index (χ0) is 18.4. The Kier molecular flexibility index (Phi) is 6.22. The van der Waals surface area contributed by atoms with Crippen LogP contribution in [0.3, 0.4) is 0 Å². The molecular formula is C19H24O6. The van der Waals surface area contributed by atoms with Crippen molar-refractivity contribution in [3.05, 3.63) is 35.4 Å². The van der Waals surface area contributed by atoms with Crippen molar-refractivity contribution < 1.29 is 30.6 Å². The first-order chi connectivity index (χ1) is 11.9. The van der Waals surface area contributed by atoms with Crippen molar-refractivity contribution in [1.82, 2.24) is 0 Å². The lowest BCUT2D eigenvalue weighted by atomic mass is 10.0. The van der Waals surface area contributed by atoms with Crippen molar-refractivity contribution in [2.24, 2.45) is 0 Å². The van der Waals surface area contributed by atoms with Crippen molar-refractivity contribution in [1.29, 1.82) is 0 Å². The molecule has 0 radical (unpaired) electrons. The summed E-state index contributed by atoms with van der Waals surface area (Å²) < 4.78 is 0. The maximum absolute atomic E-state index is 9.74. The lowest BCUT2D eigenvalue weighted by Crippen LogP contribution is -1.90. The van der Waals surface area contributed by atoms with Gasteiger partial charge in [0.05, 0.1) is 0 Å². The van der Waals surface area contributed by atoms with E-state index < -0.39 is 11.5 Å². The van der Waals surface area contributed by atoms with Crippen molar-refractivity contribution in [3.63, 3.8) is 0 Å². The monoisotopic (exact) mass is 348 g/mol. The highest BCUT2D eigenvalue weighted by atomic mass is 16.3.